The van der Waals surface area contributed by atoms with Crippen LogP contribution in [0.1, 0.15) is 22.4 Å². The molecule has 0 saturated carbocycles. The minimum Gasteiger partial charge on any atom is -0.463 e. The van der Waals surface area contributed by atoms with Gasteiger partial charge in [-0.25, -0.2) is 19.7 Å². The van der Waals surface area contributed by atoms with Gasteiger partial charge < -0.3 is 14.5 Å². The van der Waals surface area contributed by atoms with Crippen molar-refractivity contribution in [3.8, 4) is 0 Å². The second kappa shape index (κ2) is 7.16. The van der Waals surface area contributed by atoms with Gasteiger partial charge in [-0.2, -0.15) is 0 Å². The van der Waals surface area contributed by atoms with Gasteiger partial charge in [-0.1, -0.05) is 6.92 Å². The van der Waals surface area contributed by atoms with Crippen molar-refractivity contribution in [3.05, 3.63) is 28.3 Å². The zero-order chi connectivity index (χ0) is 18.1. The summed E-state index contributed by atoms with van der Waals surface area (Å²) in [7, 11) is 1.35. The van der Waals surface area contributed by atoms with E-state index < -0.39 is 5.97 Å². The first kappa shape index (κ1) is 17.2. The summed E-state index contributed by atoms with van der Waals surface area (Å²) in [5.74, 6) is 0.426. The van der Waals surface area contributed by atoms with Gasteiger partial charge in [0.15, 0.2) is 10.9 Å². The third kappa shape index (κ3) is 3.12. The van der Waals surface area contributed by atoms with Crippen LogP contribution in [-0.2, 0) is 11.2 Å². The number of nitrogens with zero attached hydrogens (tertiary/aromatic N) is 5. The maximum absolute atomic E-state index is 11.9. The van der Waals surface area contributed by atoms with Crippen LogP contribution in [0.25, 0.3) is 10.2 Å². The van der Waals surface area contributed by atoms with Gasteiger partial charge in [-0.05, 0) is 17.9 Å². The maximum Gasteiger partial charge on any atom is 0.376 e. The molecule has 1 saturated heterocycles. The van der Waals surface area contributed by atoms with Crippen molar-refractivity contribution < 1.29 is 9.53 Å². The van der Waals surface area contributed by atoms with Crippen LogP contribution in [0.15, 0.2) is 17.6 Å². The largest absolute Gasteiger partial charge is 0.463 e. The first-order valence-electron chi connectivity index (χ1n) is 8.47. The van der Waals surface area contributed by atoms with Gasteiger partial charge in [0.05, 0.1) is 17.3 Å². The van der Waals surface area contributed by atoms with E-state index in [1.165, 1.54) is 12.0 Å². The summed E-state index contributed by atoms with van der Waals surface area (Å²) in [4.78, 5) is 31.1. The summed E-state index contributed by atoms with van der Waals surface area (Å²) in [6.45, 7) is 5.55. The molecular weight excluding hydrogens is 370 g/mol. The van der Waals surface area contributed by atoms with Gasteiger partial charge >= 0.3 is 5.97 Å². The highest BCUT2D eigenvalue weighted by Crippen LogP contribution is 2.31. The minimum absolute atomic E-state index is 0.114. The predicted octanol–water partition coefficient (Wildman–Crippen LogP) is 2.82. The fourth-order valence-corrected chi connectivity index (χ4v) is 4.71. The van der Waals surface area contributed by atoms with Crippen LogP contribution >= 0.6 is 22.7 Å². The van der Waals surface area contributed by atoms with Crippen molar-refractivity contribution in [2.45, 2.75) is 13.3 Å². The molecule has 3 aromatic rings. The summed E-state index contributed by atoms with van der Waals surface area (Å²) in [6.07, 6.45) is 2.99. The van der Waals surface area contributed by atoms with Gasteiger partial charge in [0.1, 0.15) is 0 Å². The number of esters is 1. The van der Waals surface area contributed by atoms with E-state index >= 15 is 0 Å². The van der Waals surface area contributed by atoms with E-state index in [1.54, 1.807) is 22.7 Å². The highest BCUT2D eigenvalue weighted by molar-refractivity contribution is 7.17. The van der Waals surface area contributed by atoms with E-state index in [0.717, 1.165) is 53.8 Å². The first-order valence-corrected chi connectivity index (χ1v) is 10.2. The number of rotatable bonds is 4. The number of aromatic nitrogens is 3. The molecule has 0 aromatic carbocycles. The molecule has 26 heavy (non-hydrogen) atoms. The molecule has 0 atom stereocenters. The Bertz CT molecular complexity index is 930. The number of aryl methyl sites for hydroxylation is 1. The van der Waals surface area contributed by atoms with Crippen molar-refractivity contribution in [1.82, 2.24) is 15.0 Å². The quantitative estimate of drug-likeness (QED) is 0.635. The van der Waals surface area contributed by atoms with Gasteiger partial charge in [0.2, 0.25) is 5.82 Å². The Morgan fingerprint density at radius 2 is 2.00 bits per heavy atom. The summed E-state index contributed by atoms with van der Waals surface area (Å²) < 4.78 is 5.81. The second-order valence-corrected chi connectivity index (χ2v) is 7.94. The van der Waals surface area contributed by atoms with Gasteiger partial charge in [0.25, 0.3) is 0 Å². The number of hydrogen-bond acceptors (Lipinski definition) is 9. The lowest BCUT2D eigenvalue weighted by Gasteiger charge is -2.35. The topological polar surface area (TPSA) is 71.5 Å². The van der Waals surface area contributed by atoms with Crippen LogP contribution in [0.5, 0.6) is 0 Å². The van der Waals surface area contributed by atoms with Crippen molar-refractivity contribution in [3.63, 3.8) is 0 Å². The Balaban J connectivity index is 1.57. The summed E-state index contributed by atoms with van der Waals surface area (Å²) in [5, 5.41) is 3.06. The van der Waals surface area contributed by atoms with Gasteiger partial charge in [-0.15, -0.1) is 22.7 Å². The molecule has 136 valence electrons. The number of piperazine rings is 1. The molecular formula is C17H19N5O2S2. The molecule has 3 aromatic heterocycles. The number of hydrogen-bond donors (Lipinski definition) is 0. The Hall–Kier alpha value is -2.26. The second-order valence-electron chi connectivity index (χ2n) is 5.93. The van der Waals surface area contributed by atoms with Crippen molar-refractivity contribution >= 4 is 49.8 Å². The molecule has 4 rings (SSSR count). The molecule has 9 heteroatoms. The monoisotopic (exact) mass is 389 g/mol. The number of ether oxygens (including phenoxy) is 1. The molecule has 0 aliphatic carbocycles. The SMILES string of the molecule is CCc1cnc(N2CCN(c3nc(C(=O)OC)nc4ccsc34)CC2)s1. The summed E-state index contributed by atoms with van der Waals surface area (Å²) in [6, 6.07) is 1.91. The normalized spacial score (nSPS) is 14.8. The summed E-state index contributed by atoms with van der Waals surface area (Å²) >= 11 is 3.36. The van der Waals surface area contributed by atoms with E-state index in [9.17, 15) is 4.79 Å². The molecule has 4 heterocycles. The van der Waals surface area contributed by atoms with E-state index in [0.29, 0.717) is 0 Å². The standard InChI is InChI=1S/C17H19N5O2S2/c1-3-11-10-18-17(26-11)22-7-5-21(6-8-22)15-13-12(4-9-25-13)19-14(20-15)16(23)24-2/h4,9-10H,3,5-8H2,1-2H3. The molecule has 1 fully saturated rings. The van der Waals surface area contributed by atoms with Crippen LogP contribution in [-0.4, -0.2) is 54.2 Å². The number of fused-ring (bicyclic) bond motifs is 1. The average Bonchev–Trinajstić information content (AvgIpc) is 3.35. The van der Waals surface area contributed by atoms with Crippen LogP contribution < -0.4 is 9.80 Å². The lowest BCUT2D eigenvalue weighted by molar-refractivity contribution is 0.0587. The van der Waals surface area contributed by atoms with E-state index in [1.807, 2.05) is 17.6 Å². The van der Waals surface area contributed by atoms with Gasteiger partial charge in [-0.3, -0.25) is 0 Å². The van der Waals surface area contributed by atoms with E-state index in [2.05, 4.69) is 31.7 Å². The molecule has 0 radical (unpaired) electrons. The van der Waals surface area contributed by atoms with Crippen LogP contribution in [0.4, 0.5) is 10.9 Å². The molecule has 0 spiro atoms. The van der Waals surface area contributed by atoms with E-state index in [4.69, 9.17) is 4.74 Å². The molecule has 1 aliphatic rings. The third-order valence-corrected chi connectivity index (χ3v) is 6.50. The predicted molar refractivity (Wildman–Crippen MR) is 105 cm³/mol. The fourth-order valence-electron chi connectivity index (χ4n) is 2.96. The van der Waals surface area contributed by atoms with Crippen LogP contribution in [0.3, 0.4) is 0 Å². The average molecular weight is 390 g/mol. The highest BCUT2D eigenvalue weighted by Gasteiger charge is 2.24. The molecule has 0 amide bonds. The van der Waals surface area contributed by atoms with E-state index in [-0.39, 0.29) is 5.82 Å². The Morgan fingerprint density at radius 1 is 1.23 bits per heavy atom. The Labute approximate surface area is 159 Å². The third-order valence-electron chi connectivity index (χ3n) is 4.39. The van der Waals surface area contributed by atoms with Crippen LogP contribution in [0, 0.1) is 0 Å². The van der Waals surface area contributed by atoms with Crippen molar-refractivity contribution in [2.75, 3.05) is 43.1 Å². The molecule has 1 aliphatic heterocycles. The number of carbonyl (C=O) groups is 1. The number of methoxy groups -OCH3 is 1. The highest BCUT2D eigenvalue weighted by atomic mass is 32.1. The van der Waals surface area contributed by atoms with Crippen molar-refractivity contribution in [2.24, 2.45) is 0 Å². The molecule has 0 unspecified atom stereocenters. The Kier molecular flexibility index (Phi) is 4.73. The number of thiazole rings is 1. The lowest BCUT2D eigenvalue weighted by atomic mass is 10.3. The summed E-state index contributed by atoms with van der Waals surface area (Å²) in [5.41, 5.74) is 0.787. The first-order chi connectivity index (χ1) is 12.7. The zero-order valence-corrected chi connectivity index (χ0v) is 16.3. The molecule has 7 nitrogen and oxygen atoms in total. The van der Waals surface area contributed by atoms with Gasteiger partial charge in [0, 0.05) is 37.3 Å². The molecule has 0 bridgehead atoms. The fraction of sp³-hybridized carbons (Fsp3) is 0.412. The Morgan fingerprint density at radius 3 is 2.69 bits per heavy atom. The molecule has 0 N–H and O–H groups in total. The van der Waals surface area contributed by atoms with Crippen LogP contribution in [0.2, 0.25) is 0 Å². The van der Waals surface area contributed by atoms with Crippen molar-refractivity contribution in [1.29, 1.82) is 0 Å². The number of anilines is 2. The number of carbonyl (C=O) groups excluding carboxylic acids is 1. The smallest absolute Gasteiger partial charge is 0.376 e. The lowest BCUT2D eigenvalue weighted by Crippen LogP contribution is -2.47. The number of thiophene rings is 1. The minimum atomic E-state index is -0.507. The zero-order valence-electron chi connectivity index (χ0n) is 14.6. The maximum atomic E-state index is 11.9.